The van der Waals surface area contributed by atoms with Crippen molar-refractivity contribution in [2.45, 2.75) is 6.04 Å². The molecule has 1 aromatic carbocycles. The third-order valence-corrected chi connectivity index (χ3v) is 1.93. The van der Waals surface area contributed by atoms with Crippen LogP contribution in [-0.2, 0) is 4.74 Å². The number of cyclic esters (lactones) is 1. The van der Waals surface area contributed by atoms with Crippen LogP contribution in [0.5, 0.6) is 0 Å². The first kappa shape index (κ1) is 8.07. The molecule has 1 aliphatic rings. The van der Waals surface area contributed by atoms with Crippen molar-refractivity contribution < 1.29 is 9.53 Å². The van der Waals surface area contributed by atoms with Crippen LogP contribution in [0.1, 0.15) is 11.6 Å². The molecule has 1 atom stereocenters. The second-order valence-corrected chi connectivity index (χ2v) is 2.83. The van der Waals surface area contributed by atoms with Gasteiger partial charge in [-0.25, -0.2) is 10.2 Å². The van der Waals surface area contributed by atoms with Crippen LogP contribution in [0.2, 0.25) is 0 Å². The number of ether oxygens (including phenoxy) is 1. The van der Waals surface area contributed by atoms with Gasteiger partial charge in [-0.15, -0.1) is 0 Å². The molecule has 1 saturated heterocycles. The van der Waals surface area contributed by atoms with Gasteiger partial charge in [0.05, 0.1) is 6.04 Å². The van der Waals surface area contributed by atoms with Crippen molar-refractivity contribution in [2.24, 2.45) is 0 Å². The molecule has 1 fully saturated rings. The van der Waals surface area contributed by atoms with Crippen LogP contribution in [0.15, 0.2) is 30.3 Å². The Kier molecular flexibility index (Phi) is 2.14. The van der Waals surface area contributed by atoms with E-state index < -0.39 is 6.09 Å². The average Bonchev–Trinajstić information content (AvgIpc) is 2.20. The fourth-order valence-electron chi connectivity index (χ4n) is 1.25. The SMILES string of the molecule is O=C1NN[C@H](c2ccccc2)CO1. The molecule has 0 spiro atoms. The molecule has 68 valence electrons. The Hall–Kier alpha value is -1.55. The molecular formula is C9H10N2O2. The predicted molar refractivity (Wildman–Crippen MR) is 46.8 cm³/mol. The van der Waals surface area contributed by atoms with E-state index >= 15 is 0 Å². The van der Waals surface area contributed by atoms with Crippen molar-refractivity contribution in [1.29, 1.82) is 0 Å². The van der Waals surface area contributed by atoms with E-state index in [0.717, 1.165) is 5.56 Å². The minimum Gasteiger partial charge on any atom is -0.447 e. The molecule has 0 saturated carbocycles. The van der Waals surface area contributed by atoms with Crippen LogP contribution in [0, 0.1) is 0 Å². The highest BCUT2D eigenvalue weighted by Gasteiger charge is 2.19. The zero-order valence-corrected chi connectivity index (χ0v) is 6.99. The fourth-order valence-corrected chi connectivity index (χ4v) is 1.25. The maximum absolute atomic E-state index is 10.6. The van der Waals surface area contributed by atoms with Crippen LogP contribution in [0.25, 0.3) is 0 Å². The number of amides is 1. The van der Waals surface area contributed by atoms with Gasteiger partial charge in [0.25, 0.3) is 0 Å². The zero-order valence-electron chi connectivity index (χ0n) is 6.99. The van der Waals surface area contributed by atoms with Crippen LogP contribution in [-0.4, -0.2) is 12.7 Å². The molecule has 0 unspecified atom stereocenters. The monoisotopic (exact) mass is 178 g/mol. The smallest absolute Gasteiger partial charge is 0.421 e. The molecule has 4 heteroatoms. The third-order valence-electron chi connectivity index (χ3n) is 1.93. The highest BCUT2D eigenvalue weighted by Crippen LogP contribution is 2.13. The predicted octanol–water partition coefficient (Wildman–Crippen LogP) is 0.972. The Morgan fingerprint density at radius 1 is 1.31 bits per heavy atom. The summed E-state index contributed by atoms with van der Waals surface area (Å²) in [7, 11) is 0. The number of nitrogens with one attached hydrogen (secondary N) is 2. The average molecular weight is 178 g/mol. The van der Waals surface area contributed by atoms with Gasteiger partial charge in [-0.1, -0.05) is 30.3 Å². The van der Waals surface area contributed by atoms with E-state index in [1.807, 2.05) is 30.3 Å². The van der Waals surface area contributed by atoms with Crippen molar-refractivity contribution in [3.05, 3.63) is 35.9 Å². The molecule has 0 aromatic heterocycles. The molecule has 1 aromatic rings. The molecule has 2 N–H and O–H groups in total. The van der Waals surface area contributed by atoms with Crippen LogP contribution in [0.4, 0.5) is 4.79 Å². The summed E-state index contributed by atoms with van der Waals surface area (Å²) in [5, 5.41) is 0. The number of benzene rings is 1. The summed E-state index contributed by atoms with van der Waals surface area (Å²) in [5.74, 6) is 0. The largest absolute Gasteiger partial charge is 0.447 e. The van der Waals surface area contributed by atoms with Gasteiger partial charge in [0.2, 0.25) is 0 Å². The Morgan fingerprint density at radius 3 is 2.69 bits per heavy atom. The zero-order chi connectivity index (χ0) is 9.10. The van der Waals surface area contributed by atoms with Gasteiger partial charge >= 0.3 is 6.09 Å². The van der Waals surface area contributed by atoms with Crippen molar-refractivity contribution in [3.8, 4) is 0 Å². The third kappa shape index (κ3) is 1.78. The highest BCUT2D eigenvalue weighted by molar-refractivity contribution is 5.67. The Morgan fingerprint density at radius 2 is 2.08 bits per heavy atom. The van der Waals surface area contributed by atoms with E-state index in [1.165, 1.54) is 0 Å². The van der Waals surface area contributed by atoms with Crippen LogP contribution < -0.4 is 10.9 Å². The lowest BCUT2D eigenvalue weighted by atomic mass is 10.1. The Labute approximate surface area is 75.9 Å². The van der Waals surface area contributed by atoms with E-state index in [0.29, 0.717) is 6.61 Å². The van der Waals surface area contributed by atoms with Crippen molar-refractivity contribution in [1.82, 2.24) is 10.9 Å². The summed E-state index contributed by atoms with van der Waals surface area (Å²) in [6.07, 6.45) is -0.424. The van der Waals surface area contributed by atoms with Gasteiger partial charge in [-0.3, -0.25) is 5.43 Å². The molecule has 0 aliphatic carbocycles. The summed E-state index contributed by atoms with van der Waals surface area (Å²) < 4.78 is 4.83. The van der Waals surface area contributed by atoms with Crippen molar-refractivity contribution in [2.75, 3.05) is 6.61 Å². The maximum Gasteiger partial charge on any atom is 0.421 e. The van der Waals surface area contributed by atoms with Crippen molar-refractivity contribution in [3.63, 3.8) is 0 Å². The highest BCUT2D eigenvalue weighted by atomic mass is 16.6. The fraction of sp³-hybridized carbons (Fsp3) is 0.222. The summed E-state index contributed by atoms with van der Waals surface area (Å²) >= 11 is 0. The lowest BCUT2D eigenvalue weighted by Gasteiger charge is -2.24. The van der Waals surface area contributed by atoms with E-state index in [2.05, 4.69) is 10.9 Å². The topological polar surface area (TPSA) is 50.4 Å². The maximum atomic E-state index is 10.6. The summed E-state index contributed by atoms with van der Waals surface area (Å²) in [6.45, 7) is 0.371. The van der Waals surface area contributed by atoms with Gasteiger partial charge in [0.1, 0.15) is 6.61 Å². The molecule has 13 heavy (non-hydrogen) atoms. The summed E-state index contributed by atoms with van der Waals surface area (Å²) in [4.78, 5) is 10.6. The molecule has 0 radical (unpaired) electrons. The Balaban J connectivity index is 2.07. The molecule has 1 heterocycles. The molecule has 4 nitrogen and oxygen atoms in total. The van der Waals surface area contributed by atoms with E-state index in [1.54, 1.807) is 0 Å². The molecular weight excluding hydrogens is 168 g/mol. The van der Waals surface area contributed by atoms with E-state index in [4.69, 9.17) is 4.74 Å². The summed E-state index contributed by atoms with van der Waals surface area (Å²) in [6, 6.07) is 9.86. The first-order chi connectivity index (χ1) is 6.36. The van der Waals surface area contributed by atoms with Crippen LogP contribution >= 0.6 is 0 Å². The minimum atomic E-state index is -0.424. The second-order valence-electron chi connectivity index (χ2n) is 2.83. The normalized spacial score (nSPS) is 21.8. The van der Waals surface area contributed by atoms with Gasteiger partial charge in [0.15, 0.2) is 0 Å². The van der Waals surface area contributed by atoms with Crippen LogP contribution in [0.3, 0.4) is 0 Å². The number of carbonyl (C=O) groups excluding carboxylic acids is 1. The number of hydrogen-bond acceptors (Lipinski definition) is 3. The van der Waals surface area contributed by atoms with Gasteiger partial charge in [-0.2, -0.15) is 0 Å². The van der Waals surface area contributed by atoms with Gasteiger partial charge in [0, 0.05) is 0 Å². The van der Waals surface area contributed by atoms with Gasteiger partial charge < -0.3 is 4.74 Å². The number of rotatable bonds is 1. The standard InChI is InChI=1S/C9H10N2O2/c12-9-11-10-8(6-13-9)7-4-2-1-3-5-7/h1-5,8,10H,6H2,(H,11,12)/t8-/m0/s1. The van der Waals surface area contributed by atoms with E-state index in [9.17, 15) is 4.79 Å². The molecule has 2 rings (SSSR count). The number of hydrazine groups is 1. The lowest BCUT2D eigenvalue weighted by Crippen LogP contribution is -2.47. The first-order valence-electron chi connectivity index (χ1n) is 4.09. The number of carbonyl (C=O) groups is 1. The minimum absolute atomic E-state index is 0.0406. The molecule has 1 amide bonds. The number of hydrogen-bond donors (Lipinski definition) is 2. The summed E-state index contributed by atoms with van der Waals surface area (Å²) in [5.41, 5.74) is 6.38. The van der Waals surface area contributed by atoms with Gasteiger partial charge in [-0.05, 0) is 5.56 Å². The lowest BCUT2D eigenvalue weighted by molar-refractivity contribution is 0.0988. The second kappa shape index (κ2) is 3.45. The quantitative estimate of drug-likeness (QED) is 0.673. The van der Waals surface area contributed by atoms with Crippen molar-refractivity contribution >= 4 is 6.09 Å². The Bertz CT molecular complexity index is 290. The molecule has 1 aliphatic heterocycles. The van der Waals surface area contributed by atoms with E-state index in [-0.39, 0.29) is 6.04 Å². The molecule has 0 bridgehead atoms. The first-order valence-corrected chi connectivity index (χ1v) is 4.09.